The lowest BCUT2D eigenvalue weighted by Gasteiger charge is -2.35. The van der Waals surface area contributed by atoms with E-state index >= 15 is 0 Å². The average molecular weight is 332 g/mol. The van der Waals surface area contributed by atoms with E-state index in [9.17, 15) is 13.6 Å². The van der Waals surface area contributed by atoms with Gasteiger partial charge in [-0.3, -0.25) is 4.79 Å². The average Bonchev–Trinajstić information content (AvgIpc) is 2.43. The van der Waals surface area contributed by atoms with Gasteiger partial charge in [-0.25, -0.2) is 8.78 Å². The van der Waals surface area contributed by atoms with Crippen LogP contribution in [0.1, 0.15) is 35.2 Å². The number of amides is 1. The first-order valence-corrected chi connectivity index (χ1v) is 7.50. The van der Waals surface area contributed by atoms with Gasteiger partial charge >= 0.3 is 0 Å². The Kier molecular flexibility index (Phi) is 4.55. The van der Waals surface area contributed by atoms with Crippen LogP contribution in [0.3, 0.4) is 0 Å². The van der Waals surface area contributed by atoms with Gasteiger partial charge in [0.05, 0.1) is 0 Å². The molecule has 104 valence electrons. The second kappa shape index (κ2) is 5.99. The molecule has 1 aromatic rings. The van der Waals surface area contributed by atoms with Crippen molar-refractivity contribution in [2.24, 2.45) is 0 Å². The SMILES string of the molecule is Cc1ccc(F)c(C(=O)N2CCCCC2CBr)c1F. The number of carbonyl (C=O) groups is 1. The molecule has 1 unspecified atom stereocenters. The van der Waals surface area contributed by atoms with Crippen molar-refractivity contribution in [1.29, 1.82) is 0 Å². The summed E-state index contributed by atoms with van der Waals surface area (Å²) < 4.78 is 27.8. The zero-order chi connectivity index (χ0) is 14.0. The Bertz CT molecular complexity index is 493. The monoisotopic (exact) mass is 331 g/mol. The van der Waals surface area contributed by atoms with E-state index in [4.69, 9.17) is 0 Å². The van der Waals surface area contributed by atoms with Crippen LogP contribution in [0, 0.1) is 18.6 Å². The molecule has 1 aromatic carbocycles. The minimum absolute atomic E-state index is 0.0144. The van der Waals surface area contributed by atoms with Gasteiger partial charge in [0.25, 0.3) is 5.91 Å². The van der Waals surface area contributed by atoms with Gasteiger partial charge < -0.3 is 4.90 Å². The first-order chi connectivity index (χ1) is 9.06. The number of aryl methyl sites for hydroxylation is 1. The van der Waals surface area contributed by atoms with E-state index in [0.29, 0.717) is 11.9 Å². The zero-order valence-corrected chi connectivity index (χ0v) is 12.3. The smallest absolute Gasteiger partial charge is 0.260 e. The van der Waals surface area contributed by atoms with Gasteiger partial charge in [-0.05, 0) is 37.8 Å². The molecule has 0 radical (unpaired) electrons. The normalized spacial score (nSPS) is 19.6. The summed E-state index contributed by atoms with van der Waals surface area (Å²) in [6.07, 6.45) is 2.79. The number of carbonyl (C=O) groups excluding carboxylic acids is 1. The fourth-order valence-electron chi connectivity index (χ4n) is 2.42. The van der Waals surface area contributed by atoms with E-state index in [1.807, 2.05) is 0 Å². The Balaban J connectivity index is 2.36. The molecule has 1 fully saturated rings. The summed E-state index contributed by atoms with van der Waals surface area (Å²) in [5.74, 6) is -2.07. The van der Waals surface area contributed by atoms with E-state index in [0.717, 1.165) is 25.3 Å². The van der Waals surface area contributed by atoms with Crippen molar-refractivity contribution < 1.29 is 13.6 Å². The van der Waals surface area contributed by atoms with Crippen molar-refractivity contribution in [3.05, 3.63) is 34.9 Å². The second-order valence-corrected chi connectivity index (χ2v) is 5.50. The summed E-state index contributed by atoms with van der Waals surface area (Å²) in [6, 6.07) is 2.51. The van der Waals surface area contributed by atoms with Gasteiger partial charge in [-0.15, -0.1) is 0 Å². The zero-order valence-electron chi connectivity index (χ0n) is 10.8. The fourth-order valence-corrected chi connectivity index (χ4v) is 3.10. The van der Waals surface area contributed by atoms with Gasteiger partial charge in [0.2, 0.25) is 0 Å². The van der Waals surface area contributed by atoms with Crippen molar-refractivity contribution in [2.45, 2.75) is 32.2 Å². The minimum Gasteiger partial charge on any atom is -0.335 e. The lowest BCUT2D eigenvalue weighted by molar-refractivity contribution is 0.0631. The lowest BCUT2D eigenvalue weighted by atomic mass is 10.0. The van der Waals surface area contributed by atoms with E-state index in [2.05, 4.69) is 15.9 Å². The minimum atomic E-state index is -0.785. The van der Waals surface area contributed by atoms with E-state index in [1.54, 1.807) is 4.90 Å². The third kappa shape index (κ3) is 2.81. The standard InChI is InChI=1S/C14H16BrF2NO/c1-9-5-6-11(16)12(13(9)17)14(19)18-7-3-2-4-10(18)8-15/h5-6,10H,2-4,7-8H2,1H3. The molecular weight excluding hydrogens is 316 g/mol. The number of benzene rings is 1. The summed E-state index contributed by atoms with van der Waals surface area (Å²) in [6.45, 7) is 2.09. The van der Waals surface area contributed by atoms with Gasteiger partial charge in [0, 0.05) is 17.9 Å². The molecule has 1 amide bonds. The first kappa shape index (κ1) is 14.4. The highest BCUT2D eigenvalue weighted by Crippen LogP contribution is 2.24. The van der Waals surface area contributed by atoms with Crippen LogP contribution < -0.4 is 0 Å². The molecule has 0 aromatic heterocycles. The first-order valence-electron chi connectivity index (χ1n) is 6.37. The van der Waals surface area contributed by atoms with Crippen molar-refractivity contribution in [3.8, 4) is 0 Å². The Hall–Kier alpha value is -0.970. The van der Waals surface area contributed by atoms with Crippen molar-refractivity contribution in [2.75, 3.05) is 11.9 Å². The van der Waals surface area contributed by atoms with Crippen molar-refractivity contribution in [3.63, 3.8) is 0 Å². The van der Waals surface area contributed by atoms with Crippen LogP contribution in [0.15, 0.2) is 12.1 Å². The van der Waals surface area contributed by atoms with Crippen LogP contribution in [-0.2, 0) is 0 Å². The van der Waals surface area contributed by atoms with Crippen LogP contribution in [0.25, 0.3) is 0 Å². The highest BCUT2D eigenvalue weighted by Gasteiger charge is 2.30. The summed E-state index contributed by atoms with van der Waals surface area (Å²) in [4.78, 5) is 14.0. The number of halogens is 3. The van der Waals surface area contributed by atoms with Crippen LogP contribution >= 0.6 is 15.9 Å². The largest absolute Gasteiger partial charge is 0.335 e. The maximum atomic E-state index is 14.0. The highest BCUT2D eigenvalue weighted by molar-refractivity contribution is 9.09. The summed E-state index contributed by atoms with van der Waals surface area (Å²) in [7, 11) is 0. The van der Waals surface area contributed by atoms with Crippen LogP contribution in [-0.4, -0.2) is 28.7 Å². The maximum absolute atomic E-state index is 14.0. The lowest BCUT2D eigenvalue weighted by Crippen LogP contribution is -2.45. The molecule has 0 N–H and O–H groups in total. The third-order valence-electron chi connectivity index (χ3n) is 3.56. The molecule has 0 spiro atoms. The highest BCUT2D eigenvalue weighted by atomic mass is 79.9. The summed E-state index contributed by atoms with van der Waals surface area (Å²) >= 11 is 3.36. The molecule has 1 aliphatic heterocycles. The van der Waals surface area contributed by atoms with Crippen LogP contribution in [0.4, 0.5) is 8.78 Å². The molecule has 1 aliphatic rings. The van der Waals surface area contributed by atoms with Gasteiger partial charge in [-0.2, -0.15) is 0 Å². The topological polar surface area (TPSA) is 20.3 Å². The Morgan fingerprint density at radius 2 is 2.16 bits per heavy atom. The number of rotatable bonds is 2. The summed E-state index contributed by atoms with van der Waals surface area (Å²) in [5.41, 5.74) is -0.134. The Morgan fingerprint density at radius 3 is 2.84 bits per heavy atom. The maximum Gasteiger partial charge on any atom is 0.260 e. The van der Waals surface area contributed by atoms with Gasteiger partial charge in [-0.1, -0.05) is 22.0 Å². The fraction of sp³-hybridized carbons (Fsp3) is 0.500. The number of hydrogen-bond donors (Lipinski definition) is 0. The van der Waals surface area contributed by atoms with Crippen LogP contribution in [0.2, 0.25) is 0 Å². The molecule has 5 heteroatoms. The predicted molar refractivity (Wildman–Crippen MR) is 73.6 cm³/mol. The number of alkyl halides is 1. The van der Waals surface area contributed by atoms with Gasteiger partial charge in [0.15, 0.2) is 0 Å². The quantitative estimate of drug-likeness (QED) is 0.757. The van der Waals surface area contributed by atoms with Crippen molar-refractivity contribution in [1.82, 2.24) is 4.90 Å². The van der Waals surface area contributed by atoms with Crippen molar-refractivity contribution >= 4 is 21.8 Å². The molecule has 1 saturated heterocycles. The molecule has 2 nitrogen and oxygen atoms in total. The third-order valence-corrected chi connectivity index (χ3v) is 4.31. The molecule has 1 atom stereocenters. The molecule has 0 bridgehead atoms. The Morgan fingerprint density at radius 1 is 1.42 bits per heavy atom. The van der Waals surface area contributed by atoms with E-state index in [1.165, 1.54) is 13.0 Å². The summed E-state index contributed by atoms with van der Waals surface area (Å²) in [5, 5.41) is 0.633. The van der Waals surface area contributed by atoms with Crippen LogP contribution in [0.5, 0.6) is 0 Å². The molecule has 2 rings (SSSR count). The molecule has 1 heterocycles. The number of piperidine rings is 1. The number of nitrogens with zero attached hydrogens (tertiary/aromatic N) is 1. The second-order valence-electron chi connectivity index (χ2n) is 4.86. The predicted octanol–water partition coefficient (Wildman–Crippen LogP) is 3.66. The number of hydrogen-bond acceptors (Lipinski definition) is 1. The molecule has 0 aliphatic carbocycles. The number of likely N-dealkylation sites (tertiary alicyclic amines) is 1. The molecule has 0 saturated carbocycles. The van der Waals surface area contributed by atoms with E-state index in [-0.39, 0.29) is 11.6 Å². The van der Waals surface area contributed by atoms with Gasteiger partial charge in [0.1, 0.15) is 17.2 Å². The Labute approximate surface area is 119 Å². The van der Waals surface area contributed by atoms with E-state index < -0.39 is 23.1 Å². The molecular formula is C14H16BrF2NO. The molecule has 19 heavy (non-hydrogen) atoms.